The third kappa shape index (κ3) is 2.83. The Kier molecular flexibility index (Phi) is 3.40. The van der Waals surface area contributed by atoms with Gasteiger partial charge in [-0.1, -0.05) is 6.07 Å². The van der Waals surface area contributed by atoms with Gasteiger partial charge in [0.05, 0.1) is 11.6 Å². The van der Waals surface area contributed by atoms with Crippen LogP contribution in [0.25, 0.3) is 0 Å². The highest BCUT2D eigenvalue weighted by molar-refractivity contribution is 5.78. The zero-order chi connectivity index (χ0) is 12.3. The molecule has 4 heteroatoms. The first-order valence-electron chi connectivity index (χ1n) is 5.69. The number of hydrogen-bond acceptors (Lipinski definition) is 3. The summed E-state index contributed by atoms with van der Waals surface area (Å²) in [6, 6.07) is 8.01. The van der Waals surface area contributed by atoms with Crippen molar-refractivity contribution in [2.24, 2.45) is 0 Å². The molecule has 88 valence electrons. The highest BCUT2D eigenvalue weighted by Crippen LogP contribution is 2.11. The lowest BCUT2D eigenvalue weighted by atomic mass is 10.1. The van der Waals surface area contributed by atoms with Gasteiger partial charge in [-0.2, -0.15) is 5.26 Å². The molecule has 4 nitrogen and oxygen atoms in total. The van der Waals surface area contributed by atoms with Crippen LogP contribution in [-0.4, -0.2) is 18.5 Å². The van der Waals surface area contributed by atoms with Crippen LogP contribution in [0.2, 0.25) is 0 Å². The van der Waals surface area contributed by atoms with E-state index >= 15 is 0 Å². The largest absolute Gasteiger partial charge is 0.354 e. The van der Waals surface area contributed by atoms with Crippen LogP contribution >= 0.6 is 0 Å². The summed E-state index contributed by atoms with van der Waals surface area (Å²) in [5.74, 6) is 0.110. The minimum Gasteiger partial charge on any atom is -0.354 e. The molecule has 1 amide bonds. The minimum atomic E-state index is 0.110. The normalized spacial score (nSPS) is 18.8. The first-order valence-corrected chi connectivity index (χ1v) is 5.69. The fraction of sp³-hybridized carbons (Fsp3) is 0.385. The highest BCUT2D eigenvalue weighted by Gasteiger charge is 2.20. The van der Waals surface area contributed by atoms with Crippen molar-refractivity contribution >= 4 is 5.91 Å². The van der Waals surface area contributed by atoms with E-state index in [4.69, 9.17) is 5.26 Å². The van der Waals surface area contributed by atoms with Gasteiger partial charge in [0.15, 0.2) is 0 Å². The number of carbonyl (C=O) groups excluding carboxylic acids is 1. The summed E-state index contributed by atoms with van der Waals surface area (Å²) in [4.78, 5) is 11.0. The number of carbonyl (C=O) groups is 1. The number of nitrogens with one attached hydrogen (secondary N) is 2. The maximum atomic E-state index is 11.0. The van der Waals surface area contributed by atoms with Crippen LogP contribution in [0.3, 0.4) is 0 Å². The van der Waals surface area contributed by atoms with Gasteiger partial charge in [-0.15, -0.1) is 0 Å². The Hall–Kier alpha value is -1.86. The van der Waals surface area contributed by atoms with Crippen molar-refractivity contribution in [3.8, 4) is 6.07 Å². The van der Waals surface area contributed by atoms with E-state index in [0.717, 1.165) is 12.1 Å². The van der Waals surface area contributed by atoms with E-state index in [0.29, 0.717) is 18.5 Å². The van der Waals surface area contributed by atoms with E-state index in [-0.39, 0.29) is 11.9 Å². The van der Waals surface area contributed by atoms with Gasteiger partial charge in [0.1, 0.15) is 0 Å². The van der Waals surface area contributed by atoms with Crippen molar-refractivity contribution in [2.75, 3.05) is 6.54 Å². The zero-order valence-corrected chi connectivity index (χ0v) is 9.79. The monoisotopic (exact) mass is 229 g/mol. The van der Waals surface area contributed by atoms with Crippen molar-refractivity contribution < 1.29 is 4.79 Å². The molecule has 0 aromatic heterocycles. The number of rotatable bonds is 3. The summed E-state index contributed by atoms with van der Waals surface area (Å²) in [5, 5.41) is 14.9. The number of nitrogens with zero attached hydrogens (tertiary/aromatic N) is 1. The van der Waals surface area contributed by atoms with E-state index in [1.807, 2.05) is 25.1 Å². The Bertz CT molecular complexity index is 476. The molecule has 1 unspecified atom stereocenters. The first-order chi connectivity index (χ1) is 8.19. The second kappa shape index (κ2) is 4.98. The lowest BCUT2D eigenvalue weighted by Crippen LogP contribution is -2.30. The Morgan fingerprint density at radius 2 is 2.41 bits per heavy atom. The van der Waals surface area contributed by atoms with Gasteiger partial charge in [-0.05, 0) is 30.2 Å². The number of aryl methyl sites for hydroxylation is 1. The molecule has 1 heterocycles. The summed E-state index contributed by atoms with van der Waals surface area (Å²) in [7, 11) is 0. The average molecular weight is 229 g/mol. The standard InChI is InChI=1S/C13H15N3O/c1-9-4-10(6-14)2-3-11(9)7-15-12-5-13(17)16-8-12/h2-4,12,15H,5,7-8H2,1H3,(H,16,17). The average Bonchev–Trinajstić information content (AvgIpc) is 2.73. The number of nitriles is 1. The van der Waals surface area contributed by atoms with Crippen molar-refractivity contribution in [1.82, 2.24) is 10.6 Å². The van der Waals surface area contributed by atoms with Crippen LogP contribution in [0.4, 0.5) is 0 Å². The molecule has 0 spiro atoms. The molecule has 2 rings (SSSR count). The molecule has 1 atom stereocenters. The number of hydrogen-bond donors (Lipinski definition) is 2. The maximum absolute atomic E-state index is 11.0. The summed E-state index contributed by atoms with van der Waals surface area (Å²) in [6.07, 6.45) is 0.551. The molecule has 2 N–H and O–H groups in total. The topological polar surface area (TPSA) is 64.9 Å². The predicted molar refractivity (Wildman–Crippen MR) is 64.1 cm³/mol. The van der Waals surface area contributed by atoms with E-state index in [1.54, 1.807) is 0 Å². The Morgan fingerprint density at radius 3 is 3.00 bits per heavy atom. The van der Waals surface area contributed by atoms with Crippen LogP contribution in [0, 0.1) is 18.3 Å². The van der Waals surface area contributed by atoms with Crippen LogP contribution in [0.15, 0.2) is 18.2 Å². The van der Waals surface area contributed by atoms with Gasteiger partial charge < -0.3 is 10.6 Å². The second-order valence-corrected chi connectivity index (χ2v) is 4.34. The van der Waals surface area contributed by atoms with Gasteiger partial charge in [0.25, 0.3) is 0 Å². The van der Waals surface area contributed by atoms with Crippen LogP contribution in [-0.2, 0) is 11.3 Å². The van der Waals surface area contributed by atoms with Gasteiger partial charge >= 0.3 is 0 Å². The Morgan fingerprint density at radius 1 is 1.59 bits per heavy atom. The molecule has 1 saturated heterocycles. The molecule has 1 aliphatic heterocycles. The summed E-state index contributed by atoms with van der Waals surface area (Å²) in [6.45, 7) is 3.43. The van der Waals surface area contributed by atoms with Crippen molar-refractivity contribution in [3.05, 3.63) is 34.9 Å². The van der Waals surface area contributed by atoms with E-state index in [1.165, 1.54) is 5.56 Å². The van der Waals surface area contributed by atoms with E-state index < -0.39 is 0 Å². The summed E-state index contributed by atoms with van der Waals surface area (Å²) >= 11 is 0. The molecule has 1 fully saturated rings. The lowest BCUT2D eigenvalue weighted by molar-refractivity contribution is -0.119. The number of amides is 1. The van der Waals surface area contributed by atoms with Gasteiger partial charge in [0, 0.05) is 25.6 Å². The van der Waals surface area contributed by atoms with E-state index in [2.05, 4.69) is 16.7 Å². The first kappa shape index (κ1) is 11.6. The lowest BCUT2D eigenvalue weighted by Gasteiger charge is -2.12. The van der Waals surface area contributed by atoms with E-state index in [9.17, 15) is 4.79 Å². The molecule has 17 heavy (non-hydrogen) atoms. The fourth-order valence-corrected chi connectivity index (χ4v) is 1.97. The Labute approximate surface area is 101 Å². The van der Waals surface area contributed by atoms with Crippen LogP contribution in [0.5, 0.6) is 0 Å². The molecular weight excluding hydrogens is 214 g/mol. The number of benzene rings is 1. The molecule has 1 aromatic carbocycles. The van der Waals surface area contributed by atoms with Crippen LogP contribution in [0.1, 0.15) is 23.1 Å². The van der Waals surface area contributed by atoms with Crippen LogP contribution < -0.4 is 10.6 Å². The highest BCUT2D eigenvalue weighted by atomic mass is 16.1. The molecule has 1 aliphatic rings. The third-order valence-corrected chi connectivity index (χ3v) is 3.03. The van der Waals surface area contributed by atoms with Crippen molar-refractivity contribution in [2.45, 2.75) is 25.9 Å². The molecular formula is C13H15N3O. The fourth-order valence-electron chi connectivity index (χ4n) is 1.97. The molecule has 1 aromatic rings. The van der Waals surface area contributed by atoms with Crippen molar-refractivity contribution in [3.63, 3.8) is 0 Å². The van der Waals surface area contributed by atoms with Gasteiger partial charge in [-0.25, -0.2) is 0 Å². The maximum Gasteiger partial charge on any atom is 0.221 e. The SMILES string of the molecule is Cc1cc(C#N)ccc1CNC1CNC(=O)C1. The minimum absolute atomic E-state index is 0.110. The molecule has 0 aliphatic carbocycles. The van der Waals surface area contributed by atoms with Gasteiger partial charge in [0.2, 0.25) is 5.91 Å². The molecule has 0 bridgehead atoms. The summed E-state index contributed by atoms with van der Waals surface area (Å²) < 4.78 is 0. The predicted octanol–water partition coefficient (Wildman–Crippen LogP) is 0.845. The summed E-state index contributed by atoms with van der Waals surface area (Å²) in [5.41, 5.74) is 2.96. The van der Waals surface area contributed by atoms with Crippen molar-refractivity contribution in [1.29, 1.82) is 5.26 Å². The Balaban J connectivity index is 1.95. The quantitative estimate of drug-likeness (QED) is 0.807. The van der Waals surface area contributed by atoms with Gasteiger partial charge in [-0.3, -0.25) is 4.79 Å². The molecule has 0 saturated carbocycles. The zero-order valence-electron chi connectivity index (χ0n) is 9.79. The molecule has 0 radical (unpaired) electrons. The third-order valence-electron chi connectivity index (χ3n) is 3.03. The smallest absolute Gasteiger partial charge is 0.221 e. The second-order valence-electron chi connectivity index (χ2n) is 4.34.